The predicted octanol–water partition coefficient (Wildman–Crippen LogP) is 3.43. The van der Waals surface area contributed by atoms with E-state index in [-0.39, 0.29) is 0 Å². The van der Waals surface area contributed by atoms with Crippen LogP contribution in [0.25, 0.3) is 0 Å². The number of hydrogen-bond acceptors (Lipinski definition) is 1. The Balaban J connectivity index is 2.63. The summed E-state index contributed by atoms with van der Waals surface area (Å²) in [6, 6.07) is 8.29. The van der Waals surface area contributed by atoms with Crippen molar-refractivity contribution in [3.8, 4) is 0 Å². The summed E-state index contributed by atoms with van der Waals surface area (Å²) in [6.07, 6.45) is 2.20. The Bertz CT molecular complexity index is 354. The Morgan fingerprint density at radius 2 is 1.88 bits per heavy atom. The molecule has 1 aromatic rings. The van der Waals surface area contributed by atoms with Crippen LogP contribution in [0.5, 0.6) is 0 Å². The summed E-state index contributed by atoms with van der Waals surface area (Å²) < 4.78 is 0. The summed E-state index contributed by atoms with van der Waals surface area (Å²) in [7, 11) is 0. The van der Waals surface area contributed by atoms with Crippen LogP contribution in [-0.2, 0) is 11.2 Å². The zero-order chi connectivity index (χ0) is 12.2. The highest BCUT2D eigenvalue weighted by molar-refractivity contribution is 5.74. The normalized spacial score (nSPS) is 14.4. The van der Waals surface area contributed by atoms with Crippen molar-refractivity contribution in [1.29, 1.82) is 0 Å². The molecule has 1 atom stereocenters. The first-order valence-electron chi connectivity index (χ1n) is 5.77. The lowest BCUT2D eigenvalue weighted by Crippen LogP contribution is -2.27. The number of carboxylic acids is 1. The third-order valence-electron chi connectivity index (χ3n) is 3.38. The molecule has 0 aliphatic rings. The molecule has 0 aliphatic heterocycles. The van der Waals surface area contributed by atoms with Crippen molar-refractivity contribution >= 4 is 5.97 Å². The molecule has 0 spiro atoms. The zero-order valence-corrected chi connectivity index (χ0v) is 10.3. The molecule has 0 saturated heterocycles. The van der Waals surface area contributed by atoms with E-state index in [1.54, 1.807) is 0 Å². The third kappa shape index (κ3) is 3.09. The van der Waals surface area contributed by atoms with Crippen LogP contribution < -0.4 is 0 Å². The monoisotopic (exact) mass is 220 g/mol. The van der Waals surface area contributed by atoms with Gasteiger partial charge in [0.15, 0.2) is 0 Å². The highest BCUT2D eigenvalue weighted by atomic mass is 16.4. The van der Waals surface area contributed by atoms with Gasteiger partial charge in [-0.3, -0.25) is 4.79 Å². The molecule has 0 bridgehead atoms. The van der Waals surface area contributed by atoms with Crippen molar-refractivity contribution in [3.63, 3.8) is 0 Å². The van der Waals surface area contributed by atoms with Gasteiger partial charge < -0.3 is 5.11 Å². The molecule has 0 amide bonds. The SMILES string of the molecule is CCC(C)(CCc1ccc(C)cc1)C(=O)O. The highest BCUT2D eigenvalue weighted by Crippen LogP contribution is 2.27. The second-order valence-electron chi connectivity index (χ2n) is 4.70. The van der Waals surface area contributed by atoms with Crippen LogP contribution in [0.4, 0.5) is 0 Å². The summed E-state index contributed by atoms with van der Waals surface area (Å²) in [6.45, 7) is 5.81. The number of carbonyl (C=O) groups is 1. The number of aryl methyl sites for hydroxylation is 2. The molecule has 88 valence electrons. The molecule has 1 rings (SSSR count). The molecule has 0 saturated carbocycles. The fourth-order valence-electron chi connectivity index (χ4n) is 1.61. The molecule has 0 aliphatic carbocycles. The van der Waals surface area contributed by atoms with E-state index in [9.17, 15) is 4.79 Å². The minimum atomic E-state index is -0.692. The number of carboxylic acid groups (broad SMARTS) is 1. The number of rotatable bonds is 5. The Morgan fingerprint density at radius 1 is 1.31 bits per heavy atom. The maximum Gasteiger partial charge on any atom is 0.309 e. The van der Waals surface area contributed by atoms with Gasteiger partial charge in [-0.25, -0.2) is 0 Å². The zero-order valence-electron chi connectivity index (χ0n) is 10.3. The van der Waals surface area contributed by atoms with Gasteiger partial charge in [-0.05, 0) is 38.7 Å². The van der Waals surface area contributed by atoms with Crippen LogP contribution in [0.1, 0.15) is 37.8 Å². The Labute approximate surface area is 97.3 Å². The number of benzene rings is 1. The van der Waals surface area contributed by atoms with E-state index in [0.29, 0.717) is 12.8 Å². The Morgan fingerprint density at radius 3 is 2.31 bits per heavy atom. The van der Waals surface area contributed by atoms with Gasteiger partial charge >= 0.3 is 5.97 Å². The second-order valence-corrected chi connectivity index (χ2v) is 4.70. The van der Waals surface area contributed by atoms with Crippen LogP contribution in [0.3, 0.4) is 0 Å². The minimum absolute atomic E-state index is 0.592. The van der Waals surface area contributed by atoms with E-state index in [4.69, 9.17) is 5.11 Å². The summed E-state index contributed by atoms with van der Waals surface area (Å²) in [5.41, 5.74) is 1.86. The van der Waals surface area contributed by atoms with Crippen LogP contribution in [0, 0.1) is 12.3 Å². The van der Waals surface area contributed by atoms with Crippen LogP contribution in [-0.4, -0.2) is 11.1 Å². The lowest BCUT2D eigenvalue weighted by Gasteiger charge is -2.22. The molecular formula is C14H20O2. The lowest BCUT2D eigenvalue weighted by atomic mass is 9.82. The van der Waals surface area contributed by atoms with Crippen molar-refractivity contribution in [2.75, 3.05) is 0 Å². The van der Waals surface area contributed by atoms with E-state index in [1.165, 1.54) is 11.1 Å². The molecule has 0 fully saturated rings. The first kappa shape index (κ1) is 12.8. The van der Waals surface area contributed by atoms with E-state index in [0.717, 1.165) is 6.42 Å². The van der Waals surface area contributed by atoms with Crippen molar-refractivity contribution in [3.05, 3.63) is 35.4 Å². The van der Waals surface area contributed by atoms with Crippen molar-refractivity contribution in [1.82, 2.24) is 0 Å². The second kappa shape index (κ2) is 5.15. The molecular weight excluding hydrogens is 200 g/mol. The average Bonchev–Trinajstić information content (AvgIpc) is 2.27. The fourth-order valence-corrected chi connectivity index (χ4v) is 1.61. The van der Waals surface area contributed by atoms with Gasteiger partial charge in [0.2, 0.25) is 0 Å². The topological polar surface area (TPSA) is 37.3 Å². The molecule has 16 heavy (non-hydrogen) atoms. The quantitative estimate of drug-likeness (QED) is 0.825. The van der Waals surface area contributed by atoms with E-state index >= 15 is 0 Å². The van der Waals surface area contributed by atoms with Crippen LogP contribution >= 0.6 is 0 Å². The van der Waals surface area contributed by atoms with E-state index in [2.05, 4.69) is 31.2 Å². The molecule has 1 aromatic carbocycles. The van der Waals surface area contributed by atoms with Gasteiger partial charge in [-0.2, -0.15) is 0 Å². The molecule has 1 unspecified atom stereocenters. The van der Waals surface area contributed by atoms with Gasteiger partial charge in [-0.1, -0.05) is 36.8 Å². The molecule has 2 heteroatoms. The van der Waals surface area contributed by atoms with Crippen LogP contribution in [0.15, 0.2) is 24.3 Å². The van der Waals surface area contributed by atoms with Gasteiger partial charge in [0, 0.05) is 0 Å². The lowest BCUT2D eigenvalue weighted by molar-refractivity contribution is -0.148. The van der Waals surface area contributed by atoms with Crippen molar-refractivity contribution in [2.45, 2.75) is 40.0 Å². The van der Waals surface area contributed by atoms with Gasteiger partial charge in [0.25, 0.3) is 0 Å². The summed E-state index contributed by atoms with van der Waals surface area (Å²) >= 11 is 0. The largest absolute Gasteiger partial charge is 0.481 e. The average molecular weight is 220 g/mol. The standard InChI is InChI=1S/C14H20O2/c1-4-14(3,13(15)16)10-9-12-7-5-11(2)6-8-12/h5-8H,4,9-10H2,1-3H3,(H,15,16). The Hall–Kier alpha value is -1.31. The number of hydrogen-bond donors (Lipinski definition) is 1. The van der Waals surface area contributed by atoms with E-state index in [1.807, 2.05) is 13.8 Å². The van der Waals surface area contributed by atoms with Gasteiger partial charge in [-0.15, -0.1) is 0 Å². The molecule has 2 nitrogen and oxygen atoms in total. The fraction of sp³-hybridized carbons (Fsp3) is 0.500. The maximum absolute atomic E-state index is 11.1. The summed E-state index contributed by atoms with van der Waals surface area (Å²) in [4.78, 5) is 11.1. The van der Waals surface area contributed by atoms with Crippen LogP contribution in [0.2, 0.25) is 0 Å². The molecule has 1 N–H and O–H groups in total. The van der Waals surface area contributed by atoms with Crippen molar-refractivity contribution < 1.29 is 9.90 Å². The Kier molecular flexibility index (Phi) is 4.11. The predicted molar refractivity (Wildman–Crippen MR) is 65.5 cm³/mol. The highest BCUT2D eigenvalue weighted by Gasteiger charge is 2.30. The first-order chi connectivity index (χ1) is 7.48. The van der Waals surface area contributed by atoms with E-state index < -0.39 is 11.4 Å². The number of aliphatic carboxylic acids is 1. The maximum atomic E-state index is 11.1. The van der Waals surface area contributed by atoms with Gasteiger partial charge in [0.05, 0.1) is 5.41 Å². The molecule has 0 aromatic heterocycles. The minimum Gasteiger partial charge on any atom is -0.481 e. The first-order valence-corrected chi connectivity index (χ1v) is 5.77. The molecule has 0 radical (unpaired) electrons. The summed E-state index contributed by atoms with van der Waals surface area (Å²) in [5.74, 6) is -0.692. The summed E-state index contributed by atoms with van der Waals surface area (Å²) in [5, 5.41) is 9.15. The molecule has 0 heterocycles. The third-order valence-corrected chi connectivity index (χ3v) is 3.38. The van der Waals surface area contributed by atoms with Gasteiger partial charge in [0.1, 0.15) is 0 Å². The smallest absolute Gasteiger partial charge is 0.309 e. The van der Waals surface area contributed by atoms with Crippen molar-refractivity contribution in [2.24, 2.45) is 5.41 Å².